The first-order valence-corrected chi connectivity index (χ1v) is 8.71. The number of carbonyl (C=O) groups is 1. The summed E-state index contributed by atoms with van der Waals surface area (Å²) in [6.45, 7) is 9.64. The molecule has 0 radical (unpaired) electrons. The van der Waals surface area contributed by atoms with Crippen molar-refractivity contribution in [3.63, 3.8) is 0 Å². The number of amides is 1. The fourth-order valence-electron chi connectivity index (χ4n) is 3.10. The van der Waals surface area contributed by atoms with E-state index in [0.29, 0.717) is 5.76 Å². The molecule has 0 unspecified atom stereocenters. The zero-order valence-electron chi connectivity index (χ0n) is 15.4. The molecule has 26 heavy (non-hydrogen) atoms. The molecule has 0 spiro atoms. The third kappa shape index (κ3) is 3.80. The summed E-state index contributed by atoms with van der Waals surface area (Å²) in [5, 5.41) is 7.59. The van der Waals surface area contributed by atoms with Crippen LogP contribution in [0.4, 0.5) is 5.69 Å². The van der Waals surface area contributed by atoms with Crippen LogP contribution in [0, 0.1) is 0 Å². The second-order valence-corrected chi connectivity index (χ2v) is 7.53. The van der Waals surface area contributed by atoms with Crippen LogP contribution in [0.1, 0.15) is 42.6 Å². The molecule has 2 aromatic heterocycles. The summed E-state index contributed by atoms with van der Waals surface area (Å²) in [6, 6.07) is 3.20. The number of anilines is 1. The molecular formula is C18H25N5O3. The number of piperazine rings is 1. The highest BCUT2D eigenvalue weighted by molar-refractivity contribution is 5.90. The van der Waals surface area contributed by atoms with E-state index < -0.39 is 5.91 Å². The maximum Gasteiger partial charge on any atom is 0.284 e. The largest absolute Gasteiger partial charge is 0.455 e. The maximum absolute atomic E-state index is 12.5. The van der Waals surface area contributed by atoms with Gasteiger partial charge in [0.1, 0.15) is 5.76 Å². The predicted octanol–water partition coefficient (Wildman–Crippen LogP) is 0.691. The van der Waals surface area contributed by atoms with Crippen molar-refractivity contribution in [2.45, 2.75) is 32.7 Å². The number of hydrogen-bond donors (Lipinski definition) is 2. The van der Waals surface area contributed by atoms with E-state index in [1.165, 1.54) is 4.68 Å². The van der Waals surface area contributed by atoms with Gasteiger partial charge in [0.2, 0.25) is 0 Å². The van der Waals surface area contributed by atoms with Crippen molar-refractivity contribution in [2.75, 3.05) is 31.1 Å². The fraction of sp³-hybridized carbons (Fsp3) is 0.500. The third-order valence-corrected chi connectivity index (χ3v) is 4.39. The number of nitrogens with one attached hydrogen (secondary N) is 1. The van der Waals surface area contributed by atoms with Crippen molar-refractivity contribution < 1.29 is 9.21 Å². The zero-order valence-corrected chi connectivity index (χ0v) is 15.4. The van der Waals surface area contributed by atoms with E-state index in [0.717, 1.165) is 37.4 Å². The third-order valence-electron chi connectivity index (χ3n) is 4.39. The van der Waals surface area contributed by atoms with Gasteiger partial charge in [0, 0.05) is 43.2 Å². The number of rotatable bonds is 4. The van der Waals surface area contributed by atoms with Crippen LogP contribution in [0.15, 0.2) is 27.5 Å². The molecule has 0 bridgehead atoms. The lowest BCUT2D eigenvalue weighted by Crippen LogP contribution is -2.44. The molecule has 3 N–H and O–H groups in total. The van der Waals surface area contributed by atoms with Crippen LogP contribution >= 0.6 is 0 Å². The van der Waals surface area contributed by atoms with Crippen LogP contribution < -0.4 is 21.5 Å². The van der Waals surface area contributed by atoms with E-state index in [9.17, 15) is 9.59 Å². The van der Waals surface area contributed by atoms with Crippen molar-refractivity contribution in [2.24, 2.45) is 5.73 Å². The lowest BCUT2D eigenvalue weighted by molar-refractivity contribution is 0.0970. The fourth-order valence-corrected chi connectivity index (χ4v) is 3.10. The van der Waals surface area contributed by atoms with Crippen LogP contribution in [-0.4, -0.2) is 41.9 Å². The lowest BCUT2D eigenvalue weighted by atomic mass is 9.90. The molecule has 1 aliphatic rings. The molecule has 0 aliphatic carbocycles. The number of nitrogens with two attached hydrogens (primary N) is 1. The molecule has 1 saturated heterocycles. The number of carbonyl (C=O) groups excluding carboxylic acids is 1. The minimum absolute atomic E-state index is 0.0930. The molecule has 8 heteroatoms. The summed E-state index contributed by atoms with van der Waals surface area (Å²) in [6.07, 6.45) is 1.71. The van der Waals surface area contributed by atoms with Gasteiger partial charge >= 0.3 is 0 Å². The van der Waals surface area contributed by atoms with Gasteiger partial charge in [0.05, 0.1) is 18.4 Å². The molecule has 1 amide bonds. The first kappa shape index (κ1) is 18.2. The number of hydrogen-bond acceptors (Lipinski definition) is 6. The molecule has 1 fully saturated rings. The molecular weight excluding hydrogens is 334 g/mol. The normalized spacial score (nSPS) is 15.3. The first-order valence-electron chi connectivity index (χ1n) is 8.71. The quantitative estimate of drug-likeness (QED) is 0.832. The minimum Gasteiger partial charge on any atom is -0.455 e. The average molecular weight is 359 g/mol. The van der Waals surface area contributed by atoms with E-state index in [-0.39, 0.29) is 23.3 Å². The van der Waals surface area contributed by atoms with Crippen molar-refractivity contribution in [3.8, 4) is 0 Å². The summed E-state index contributed by atoms with van der Waals surface area (Å²) >= 11 is 0. The molecule has 0 aromatic carbocycles. The summed E-state index contributed by atoms with van der Waals surface area (Å²) < 4.78 is 7.01. The Morgan fingerprint density at radius 3 is 2.58 bits per heavy atom. The second kappa shape index (κ2) is 6.95. The molecule has 140 valence electrons. The average Bonchev–Trinajstić information content (AvgIpc) is 3.02. The van der Waals surface area contributed by atoms with E-state index in [2.05, 4.69) is 15.3 Å². The van der Waals surface area contributed by atoms with Gasteiger partial charge in [-0.15, -0.1) is 0 Å². The van der Waals surface area contributed by atoms with Gasteiger partial charge < -0.3 is 20.4 Å². The Morgan fingerprint density at radius 1 is 1.31 bits per heavy atom. The van der Waals surface area contributed by atoms with Crippen LogP contribution in [0.5, 0.6) is 0 Å². The van der Waals surface area contributed by atoms with Crippen molar-refractivity contribution in [1.29, 1.82) is 0 Å². The van der Waals surface area contributed by atoms with Crippen molar-refractivity contribution in [1.82, 2.24) is 15.1 Å². The Kier molecular flexibility index (Phi) is 4.86. The van der Waals surface area contributed by atoms with Gasteiger partial charge in [-0.05, 0) is 6.07 Å². The van der Waals surface area contributed by atoms with Gasteiger partial charge in [0.25, 0.3) is 11.5 Å². The van der Waals surface area contributed by atoms with Crippen molar-refractivity contribution in [3.05, 3.63) is 45.8 Å². The molecule has 3 rings (SSSR count). The molecule has 8 nitrogen and oxygen atoms in total. The minimum atomic E-state index is -0.629. The Bertz CT molecular complexity index is 856. The Balaban J connectivity index is 1.89. The standard InChI is InChI=1S/C18H25N5O3/c1-18(2,3)16-12(8-14(26-16)17(19)25)11-23-15(24)9-13(10-21-23)22-6-4-20-5-7-22/h8-10,20H,4-7,11H2,1-3H3,(H2,19,25). The number of nitrogens with zero attached hydrogens (tertiary/aromatic N) is 3. The first-order chi connectivity index (χ1) is 12.3. The molecule has 1 aliphatic heterocycles. The van der Waals surface area contributed by atoms with E-state index in [1.54, 1.807) is 18.3 Å². The highest BCUT2D eigenvalue weighted by atomic mass is 16.4. The van der Waals surface area contributed by atoms with E-state index in [4.69, 9.17) is 10.2 Å². The zero-order chi connectivity index (χ0) is 18.9. The van der Waals surface area contributed by atoms with Crippen molar-refractivity contribution >= 4 is 11.6 Å². The van der Waals surface area contributed by atoms with Gasteiger partial charge in [0.15, 0.2) is 5.76 Å². The van der Waals surface area contributed by atoms with Gasteiger partial charge in [-0.25, -0.2) is 4.68 Å². The Labute approximate surface area is 152 Å². The summed E-state index contributed by atoms with van der Waals surface area (Å²) in [7, 11) is 0. The summed E-state index contributed by atoms with van der Waals surface area (Å²) in [4.78, 5) is 26.1. The molecule has 0 atom stereocenters. The van der Waals surface area contributed by atoms with Crippen LogP contribution in [0.25, 0.3) is 0 Å². The van der Waals surface area contributed by atoms with Crippen LogP contribution in [-0.2, 0) is 12.0 Å². The number of furan rings is 1. The summed E-state index contributed by atoms with van der Waals surface area (Å²) in [5.74, 6) is 0.0951. The molecule has 3 heterocycles. The molecule has 2 aromatic rings. The number of aromatic nitrogens is 2. The van der Waals surface area contributed by atoms with Crippen LogP contribution in [0.2, 0.25) is 0 Å². The van der Waals surface area contributed by atoms with E-state index in [1.807, 2.05) is 20.8 Å². The van der Waals surface area contributed by atoms with Gasteiger partial charge in [-0.3, -0.25) is 9.59 Å². The van der Waals surface area contributed by atoms with E-state index >= 15 is 0 Å². The van der Waals surface area contributed by atoms with Crippen LogP contribution in [0.3, 0.4) is 0 Å². The summed E-state index contributed by atoms with van der Waals surface area (Å²) in [5.41, 5.74) is 6.38. The second-order valence-electron chi connectivity index (χ2n) is 7.53. The smallest absolute Gasteiger partial charge is 0.284 e. The Morgan fingerprint density at radius 2 is 2.00 bits per heavy atom. The molecule has 0 saturated carbocycles. The predicted molar refractivity (Wildman–Crippen MR) is 98.6 cm³/mol. The highest BCUT2D eigenvalue weighted by Gasteiger charge is 2.25. The maximum atomic E-state index is 12.5. The van der Waals surface area contributed by atoms with Gasteiger partial charge in [-0.1, -0.05) is 20.8 Å². The number of primary amides is 1. The topological polar surface area (TPSA) is 106 Å². The lowest BCUT2D eigenvalue weighted by Gasteiger charge is -2.29. The Hall–Kier alpha value is -2.61. The monoisotopic (exact) mass is 359 g/mol. The SMILES string of the molecule is CC(C)(C)c1oc(C(N)=O)cc1Cn1ncc(N2CCNCC2)cc1=O. The highest BCUT2D eigenvalue weighted by Crippen LogP contribution is 2.29. The van der Waals surface area contributed by atoms with Gasteiger partial charge in [-0.2, -0.15) is 5.10 Å².